The summed E-state index contributed by atoms with van der Waals surface area (Å²) >= 11 is 0. The lowest BCUT2D eigenvalue weighted by Crippen LogP contribution is -1.87. The summed E-state index contributed by atoms with van der Waals surface area (Å²) < 4.78 is 0. The second-order valence-corrected chi connectivity index (χ2v) is 3.67. The quantitative estimate of drug-likeness (QED) is 0.503. The minimum atomic E-state index is 0.642. The van der Waals surface area contributed by atoms with Crippen molar-refractivity contribution in [3.8, 4) is 0 Å². The van der Waals surface area contributed by atoms with Crippen molar-refractivity contribution in [2.45, 2.75) is 39.5 Å². The summed E-state index contributed by atoms with van der Waals surface area (Å²) in [6, 6.07) is 0. The highest BCUT2D eigenvalue weighted by molar-refractivity contribution is 4.99. The van der Waals surface area contributed by atoms with Gasteiger partial charge in [0.15, 0.2) is 0 Å². The molecule has 0 aromatic heterocycles. The molecule has 0 amide bonds. The third-order valence-corrected chi connectivity index (χ3v) is 2.26. The topological polar surface area (TPSA) is 0 Å². The van der Waals surface area contributed by atoms with Crippen molar-refractivity contribution in [1.82, 2.24) is 0 Å². The van der Waals surface area contributed by atoms with Gasteiger partial charge in [0.2, 0.25) is 0 Å². The van der Waals surface area contributed by atoms with Crippen molar-refractivity contribution in [2.24, 2.45) is 5.92 Å². The molecule has 0 heterocycles. The van der Waals surface area contributed by atoms with Gasteiger partial charge >= 0.3 is 0 Å². The zero-order chi connectivity index (χ0) is 10.1. The van der Waals surface area contributed by atoms with Crippen molar-refractivity contribution < 1.29 is 0 Å². The third kappa shape index (κ3) is 7.58. The fourth-order valence-corrected chi connectivity index (χ4v) is 1.14. The van der Waals surface area contributed by atoms with Crippen LogP contribution >= 0.6 is 0 Å². The number of hydrogen-bond acceptors (Lipinski definition) is 0. The maximum atomic E-state index is 3.77. The second-order valence-electron chi connectivity index (χ2n) is 3.67. The molecule has 13 heavy (non-hydrogen) atoms. The van der Waals surface area contributed by atoms with E-state index in [1.807, 2.05) is 12.2 Å². The highest BCUT2D eigenvalue weighted by Crippen LogP contribution is 2.10. The molecule has 0 aliphatic heterocycles. The number of allylic oxidation sites excluding steroid dienone is 4. The van der Waals surface area contributed by atoms with Gasteiger partial charge in [-0.2, -0.15) is 0 Å². The molecule has 0 N–H and O–H groups in total. The zero-order valence-corrected chi connectivity index (χ0v) is 9.05. The first kappa shape index (κ1) is 12.2. The predicted molar refractivity (Wildman–Crippen MR) is 61.8 cm³/mol. The van der Waals surface area contributed by atoms with Crippen LogP contribution in [0.25, 0.3) is 0 Å². The maximum absolute atomic E-state index is 3.77. The molecule has 0 aromatic carbocycles. The van der Waals surface area contributed by atoms with Crippen molar-refractivity contribution in [3.63, 3.8) is 0 Å². The van der Waals surface area contributed by atoms with Crippen LogP contribution in [0.2, 0.25) is 0 Å². The van der Waals surface area contributed by atoms with E-state index in [1.54, 1.807) is 0 Å². The van der Waals surface area contributed by atoms with E-state index < -0.39 is 0 Å². The molecule has 0 aromatic rings. The van der Waals surface area contributed by atoms with Crippen molar-refractivity contribution in [2.75, 3.05) is 0 Å². The molecular formula is C13H22. The largest absolute Gasteiger partial charge is 0.103 e. The maximum Gasteiger partial charge on any atom is -0.0262 e. The summed E-state index contributed by atoms with van der Waals surface area (Å²) in [6.07, 6.45) is 11.0. The van der Waals surface area contributed by atoms with E-state index in [2.05, 4.69) is 33.1 Å². The van der Waals surface area contributed by atoms with Gasteiger partial charge in [0.1, 0.15) is 0 Å². The van der Waals surface area contributed by atoms with Crippen LogP contribution in [-0.4, -0.2) is 0 Å². The van der Waals surface area contributed by atoms with Gasteiger partial charge in [-0.1, -0.05) is 30.7 Å². The molecule has 0 nitrogen and oxygen atoms in total. The fraction of sp³-hybridized carbons (Fsp3) is 0.538. The van der Waals surface area contributed by atoms with Crippen molar-refractivity contribution in [1.29, 1.82) is 0 Å². The lowest BCUT2D eigenvalue weighted by atomic mass is 10.0. The Bertz CT molecular complexity index is 174. The monoisotopic (exact) mass is 178 g/mol. The molecule has 74 valence electrons. The van der Waals surface area contributed by atoms with Crippen LogP contribution in [0.5, 0.6) is 0 Å². The Labute approximate surface area is 83.0 Å². The first-order chi connectivity index (χ1) is 6.20. The highest BCUT2D eigenvalue weighted by Gasteiger charge is 1.93. The fourth-order valence-electron chi connectivity index (χ4n) is 1.14. The van der Waals surface area contributed by atoms with E-state index in [1.165, 1.54) is 18.4 Å². The minimum Gasteiger partial charge on any atom is -0.103 e. The Morgan fingerprint density at radius 3 is 2.54 bits per heavy atom. The average Bonchev–Trinajstić information content (AvgIpc) is 2.14. The standard InChI is InChI=1S/C13H22/c1-5-7-9-13(4)11-8-10-12(3)6-2/h5-6,11-12H,1-2,7-10H2,3-4H3/b13-11+. The summed E-state index contributed by atoms with van der Waals surface area (Å²) in [4.78, 5) is 0. The molecule has 0 spiro atoms. The van der Waals surface area contributed by atoms with Gasteiger partial charge in [-0.25, -0.2) is 0 Å². The van der Waals surface area contributed by atoms with Crippen LogP contribution in [-0.2, 0) is 0 Å². The molecule has 0 saturated carbocycles. The first-order valence-electron chi connectivity index (χ1n) is 5.09. The Balaban J connectivity index is 3.57. The van der Waals surface area contributed by atoms with E-state index in [0.29, 0.717) is 5.92 Å². The van der Waals surface area contributed by atoms with Crippen LogP contribution in [0.4, 0.5) is 0 Å². The molecule has 0 aliphatic rings. The normalized spacial score (nSPS) is 13.8. The number of rotatable bonds is 7. The molecule has 1 atom stereocenters. The Morgan fingerprint density at radius 1 is 1.31 bits per heavy atom. The first-order valence-corrected chi connectivity index (χ1v) is 5.09. The van der Waals surface area contributed by atoms with Gasteiger partial charge < -0.3 is 0 Å². The van der Waals surface area contributed by atoms with Crippen LogP contribution in [0.3, 0.4) is 0 Å². The second kappa shape index (κ2) is 7.85. The lowest BCUT2D eigenvalue weighted by Gasteiger charge is -2.03. The van der Waals surface area contributed by atoms with Gasteiger partial charge in [-0.15, -0.1) is 13.2 Å². The molecule has 0 heteroatoms. The van der Waals surface area contributed by atoms with Gasteiger partial charge in [0, 0.05) is 0 Å². The van der Waals surface area contributed by atoms with Crippen LogP contribution in [0, 0.1) is 5.92 Å². The lowest BCUT2D eigenvalue weighted by molar-refractivity contribution is 0.656. The molecular weight excluding hydrogens is 156 g/mol. The van der Waals surface area contributed by atoms with Gasteiger partial charge in [0.05, 0.1) is 0 Å². The Morgan fingerprint density at radius 2 is 2.00 bits per heavy atom. The molecule has 0 fully saturated rings. The molecule has 0 bridgehead atoms. The van der Waals surface area contributed by atoms with E-state index in [9.17, 15) is 0 Å². The predicted octanol–water partition coefficient (Wildman–Crippen LogP) is 4.50. The van der Waals surface area contributed by atoms with E-state index >= 15 is 0 Å². The Hall–Kier alpha value is -0.780. The number of hydrogen-bond donors (Lipinski definition) is 0. The summed E-state index contributed by atoms with van der Waals surface area (Å²) in [7, 11) is 0. The summed E-state index contributed by atoms with van der Waals surface area (Å²) in [5.41, 5.74) is 1.48. The molecule has 0 radical (unpaired) electrons. The molecule has 0 saturated heterocycles. The van der Waals surface area contributed by atoms with Gasteiger partial charge in [-0.3, -0.25) is 0 Å². The van der Waals surface area contributed by atoms with Crippen molar-refractivity contribution >= 4 is 0 Å². The van der Waals surface area contributed by atoms with E-state index in [0.717, 1.165) is 12.8 Å². The average molecular weight is 178 g/mol. The minimum absolute atomic E-state index is 0.642. The van der Waals surface area contributed by atoms with E-state index in [4.69, 9.17) is 0 Å². The Kier molecular flexibility index (Phi) is 7.38. The summed E-state index contributed by atoms with van der Waals surface area (Å²) in [6.45, 7) is 11.9. The smallest absolute Gasteiger partial charge is 0.0262 e. The SMILES string of the molecule is C=CCC/C(C)=C/CCC(C)C=C. The van der Waals surface area contributed by atoms with Crippen LogP contribution in [0.1, 0.15) is 39.5 Å². The van der Waals surface area contributed by atoms with Gasteiger partial charge in [-0.05, 0) is 38.5 Å². The van der Waals surface area contributed by atoms with Gasteiger partial charge in [0.25, 0.3) is 0 Å². The van der Waals surface area contributed by atoms with Crippen LogP contribution < -0.4 is 0 Å². The molecule has 0 aliphatic carbocycles. The summed E-state index contributed by atoms with van der Waals surface area (Å²) in [5.74, 6) is 0.642. The highest BCUT2D eigenvalue weighted by atomic mass is 14.0. The molecule has 1 unspecified atom stereocenters. The zero-order valence-electron chi connectivity index (χ0n) is 9.05. The summed E-state index contributed by atoms with van der Waals surface area (Å²) in [5, 5.41) is 0. The van der Waals surface area contributed by atoms with Crippen LogP contribution in [0.15, 0.2) is 37.0 Å². The van der Waals surface area contributed by atoms with E-state index in [-0.39, 0.29) is 0 Å². The third-order valence-electron chi connectivity index (χ3n) is 2.26. The van der Waals surface area contributed by atoms with Crippen molar-refractivity contribution in [3.05, 3.63) is 37.0 Å². The molecule has 0 rings (SSSR count).